The van der Waals surface area contributed by atoms with Crippen LogP contribution < -0.4 is 5.32 Å². The third kappa shape index (κ3) is 2.73. The largest absolute Gasteiger partial charge is 0.383 e. The number of hydrogen-bond donors (Lipinski definition) is 2. The molecular weight excluding hydrogens is 238 g/mol. The van der Waals surface area contributed by atoms with Crippen molar-refractivity contribution in [3.05, 3.63) is 22.4 Å². The molecule has 1 aromatic rings. The van der Waals surface area contributed by atoms with Gasteiger partial charge in [-0.3, -0.25) is 9.59 Å². The minimum atomic E-state index is -1.04. The first-order chi connectivity index (χ1) is 7.99. The van der Waals surface area contributed by atoms with Gasteiger partial charge in [0.05, 0.1) is 12.5 Å². The molecule has 0 aromatic carbocycles. The van der Waals surface area contributed by atoms with Crippen molar-refractivity contribution in [3.63, 3.8) is 0 Å². The molecule has 0 radical (unpaired) electrons. The fourth-order valence-electron chi connectivity index (χ4n) is 1.75. The highest BCUT2D eigenvalue weighted by Gasteiger charge is 2.34. The molecule has 1 aliphatic rings. The molecular formula is C12H15NO3S. The van der Waals surface area contributed by atoms with E-state index in [-0.39, 0.29) is 24.2 Å². The van der Waals surface area contributed by atoms with E-state index in [1.54, 1.807) is 6.92 Å². The Hall–Kier alpha value is -1.20. The Kier molecular flexibility index (Phi) is 3.31. The van der Waals surface area contributed by atoms with Crippen molar-refractivity contribution in [2.45, 2.75) is 25.4 Å². The Bertz CT molecular complexity index is 417. The topological polar surface area (TPSA) is 66.4 Å². The number of carbonyl (C=O) groups excluding carboxylic acids is 2. The average Bonchev–Trinajstić information content (AvgIpc) is 2.75. The first-order valence-electron chi connectivity index (χ1n) is 5.55. The van der Waals surface area contributed by atoms with Gasteiger partial charge in [-0.25, -0.2) is 0 Å². The lowest BCUT2D eigenvalue weighted by Gasteiger charge is -2.26. The smallest absolute Gasteiger partial charge is 0.224 e. The summed E-state index contributed by atoms with van der Waals surface area (Å²) in [6, 6.07) is 3.70. The maximum absolute atomic E-state index is 11.6. The van der Waals surface area contributed by atoms with Gasteiger partial charge in [0.15, 0.2) is 0 Å². The van der Waals surface area contributed by atoms with E-state index in [0.717, 1.165) is 4.88 Å². The van der Waals surface area contributed by atoms with E-state index < -0.39 is 5.60 Å². The minimum absolute atomic E-state index is 0.134. The van der Waals surface area contributed by atoms with Crippen LogP contribution in [-0.4, -0.2) is 23.3 Å². The van der Waals surface area contributed by atoms with Gasteiger partial charge in [0.1, 0.15) is 11.4 Å². The Morgan fingerprint density at radius 1 is 1.65 bits per heavy atom. The van der Waals surface area contributed by atoms with Crippen LogP contribution in [0.3, 0.4) is 0 Å². The van der Waals surface area contributed by atoms with Crippen molar-refractivity contribution in [1.29, 1.82) is 0 Å². The van der Waals surface area contributed by atoms with Gasteiger partial charge in [-0.05, 0) is 18.4 Å². The van der Waals surface area contributed by atoms with E-state index in [0.29, 0.717) is 12.8 Å². The number of aliphatic hydroxyl groups is 1. The van der Waals surface area contributed by atoms with Crippen LogP contribution in [0.5, 0.6) is 0 Å². The van der Waals surface area contributed by atoms with Crippen molar-refractivity contribution in [2.75, 3.05) is 6.54 Å². The van der Waals surface area contributed by atoms with Gasteiger partial charge in [0.2, 0.25) is 5.91 Å². The molecule has 0 bridgehead atoms. The zero-order chi connectivity index (χ0) is 12.5. The Balaban J connectivity index is 1.85. The molecule has 0 saturated heterocycles. The molecule has 5 heteroatoms. The molecule has 1 heterocycles. The molecule has 1 amide bonds. The summed E-state index contributed by atoms with van der Waals surface area (Å²) in [6.07, 6.45) is 0.681. The molecule has 1 saturated carbocycles. The van der Waals surface area contributed by atoms with Crippen LogP contribution in [0.25, 0.3) is 0 Å². The summed E-state index contributed by atoms with van der Waals surface area (Å²) in [5, 5.41) is 14.8. The highest BCUT2D eigenvalue weighted by Crippen LogP contribution is 2.26. The predicted molar refractivity (Wildman–Crippen MR) is 64.6 cm³/mol. The Morgan fingerprint density at radius 3 is 2.88 bits per heavy atom. The van der Waals surface area contributed by atoms with E-state index in [4.69, 9.17) is 0 Å². The number of Topliss-reactive ketones (excluding diaryl/α,β-unsaturated/α-hetero) is 1. The van der Waals surface area contributed by atoms with Crippen LogP contribution in [0.1, 0.15) is 24.6 Å². The molecule has 1 unspecified atom stereocenters. The molecule has 1 aliphatic carbocycles. The summed E-state index contributed by atoms with van der Waals surface area (Å²) in [5.41, 5.74) is -1.04. The van der Waals surface area contributed by atoms with Crippen molar-refractivity contribution >= 4 is 23.0 Å². The summed E-state index contributed by atoms with van der Waals surface area (Å²) in [4.78, 5) is 23.2. The molecule has 92 valence electrons. The van der Waals surface area contributed by atoms with E-state index in [1.807, 2.05) is 17.5 Å². The molecule has 1 aromatic heterocycles. The zero-order valence-electron chi connectivity index (χ0n) is 9.60. The number of rotatable bonds is 4. The fourth-order valence-corrected chi connectivity index (χ4v) is 2.54. The van der Waals surface area contributed by atoms with Gasteiger partial charge < -0.3 is 10.4 Å². The summed E-state index contributed by atoms with van der Waals surface area (Å²) >= 11 is 1.45. The first kappa shape index (κ1) is 12.3. The van der Waals surface area contributed by atoms with Crippen LogP contribution in [0.2, 0.25) is 0 Å². The standard InChI is InChI=1S/C12H15NO3S/c1-12(16,10-3-2-4-17-10)7-13-11(15)8-5-9(14)6-8/h2-4,8,16H,5-7H2,1H3,(H,13,15). The number of ketones is 1. The summed E-state index contributed by atoms with van der Waals surface area (Å²) < 4.78 is 0. The lowest BCUT2D eigenvalue weighted by molar-refractivity contribution is -0.138. The summed E-state index contributed by atoms with van der Waals surface area (Å²) in [5.74, 6) is -0.196. The number of nitrogens with one attached hydrogen (secondary N) is 1. The summed E-state index contributed by atoms with van der Waals surface area (Å²) in [6.45, 7) is 1.85. The number of thiophene rings is 1. The van der Waals surface area contributed by atoms with Gasteiger partial charge in [0, 0.05) is 17.7 Å². The second kappa shape index (κ2) is 4.58. The molecule has 1 atom stereocenters. The lowest BCUT2D eigenvalue weighted by atomic mass is 9.83. The van der Waals surface area contributed by atoms with Crippen molar-refractivity contribution in [1.82, 2.24) is 5.32 Å². The molecule has 1 fully saturated rings. The van der Waals surface area contributed by atoms with Crippen LogP contribution in [0.4, 0.5) is 0 Å². The quantitative estimate of drug-likeness (QED) is 0.843. The highest BCUT2D eigenvalue weighted by molar-refractivity contribution is 7.10. The normalized spacial score (nSPS) is 19.5. The van der Waals surface area contributed by atoms with Gasteiger partial charge in [-0.2, -0.15) is 0 Å². The zero-order valence-corrected chi connectivity index (χ0v) is 10.4. The highest BCUT2D eigenvalue weighted by atomic mass is 32.1. The van der Waals surface area contributed by atoms with Crippen LogP contribution in [-0.2, 0) is 15.2 Å². The Labute approximate surface area is 104 Å². The third-order valence-corrected chi connectivity index (χ3v) is 4.10. The predicted octanol–water partition coefficient (Wildman–Crippen LogP) is 1.05. The minimum Gasteiger partial charge on any atom is -0.383 e. The Morgan fingerprint density at radius 2 is 2.35 bits per heavy atom. The lowest BCUT2D eigenvalue weighted by Crippen LogP contribution is -2.44. The third-order valence-electron chi connectivity index (χ3n) is 2.98. The molecule has 17 heavy (non-hydrogen) atoms. The molecule has 2 rings (SSSR count). The van der Waals surface area contributed by atoms with Gasteiger partial charge in [0.25, 0.3) is 0 Å². The summed E-state index contributed by atoms with van der Waals surface area (Å²) in [7, 11) is 0. The fraction of sp³-hybridized carbons (Fsp3) is 0.500. The van der Waals surface area contributed by atoms with E-state index in [9.17, 15) is 14.7 Å². The van der Waals surface area contributed by atoms with Crippen molar-refractivity contribution < 1.29 is 14.7 Å². The average molecular weight is 253 g/mol. The monoisotopic (exact) mass is 253 g/mol. The van der Waals surface area contributed by atoms with Crippen molar-refractivity contribution in [2.24, 2.45) is 5.92 Å². The van der Waals surface area contributed by atoms with Crippen LogP contribution in [0.15, 0.2) is 17.5 Å². The second-order valence-electron chi connectivity index (χ2n) is 4.61. The maximum atomic E-state index is 11.6. The molecule has 2 N–H and O–H groups in total. The van der Waals surface area contributed by atoms with Crippen molar-refractivity contribution in [3.8, 4) is 0 Å². The molecule has 0 spiro atoms. The molecule has 4 nitrogen and oxygen atoms in total. The van der Waals surface area contributed by atoms with Gasteiger partial charge >= 0.3 is 0 Å². The van der Waals surface area contributed by atoms with Gasteiger partial charge in [-0.1, -0.05) is 6.07 Å². The van der Waals surface area contributed by atoms with Crippen LogP contribution >= 0.6 is 11.3 Å². The molecule has 0 aliphatic heterocycles. The number of hydrogen-bond acceptors (Lipinski definition) is 4. The van der Waals surface area contributed by atoms with Gasteiger partial charge in [-0.15, -0.1) is 11.3 Å². The van der Waals surface area contributed by atoms with E-state index in [2.05, 4.69) is 5.32 Å². The van der Waals surface area contributed by atoms with E-state index >= 15 is 0 Å². The first-order valence-corrected chi connectivity index (χ1v) is 6.43. The second-order valence-corrected chi connectivity index (χ2v) is 5.56. The van der Waals surface area contributed by atoms with E-state index in [1.165, 1.54) is 11.3 Å². The SMILES string of the molecule is CC(O)(CNC(=O)C1CC(=O)C1)c1cccs1. The van der Waals surface area contributed by atoms with Crippen LogP contribution in [0, 0.1) is 5.92 Å². The number of carbonyl (C=O) groups is 2. The number of amides is 1. The maximum Gasteiger partial charge on any atom is 0.224 e.